The van der Waals surface area contributed by atoms with Crippen molar-refractivity contribution in [2.24, 2.45) is 5.92 Å². The number of hydrogen-bond donors (Lipinski definition) is 0. The van der Waals surface area contributed by atoms with Gasteiger partial charge in [0.05, 0.1) is 6.54 Å². The van der Waals surface area contributed by atoms with Crippen molar-refractivity contribution in [3.63, 3.8) is 0 Å². The van der Waals surface area contributed by atoms with Gasteiger partial charge in [0, 0.05) is 11.6 Å². The second kappa shape index (κ2) is 12.2. The van der Waals surface area contributed by atoms with Gasteiger partial charge in [-0.25, -0.2) is 0 Å². The SMILES string of the molecule is C=C/C(C)=C\C=C(/C)c1ccc(CN(C(=O)C2CCCCC2)c2cccc(/C=C/C)c2)cc1. The molecule has 1 amide bonds. The average molecular weight is 440 g/mol. The van der Waals surface area contributed by atoms with Crippen LogP contribution >= 0.6 is 0 Å². The topological polar surface area (TPSA) is 20.3 Å². The van der Waals surface area contributed by atoms with E-state index in [0.717, 1.165) is 48.1 Å². The fourth-order valence-electron chi connectivity index (χ4n) is 4.33. The van der Waals surface area contributed by atoms with Crippen molar-refractivity contribution in [1.29, 1.82) is 0 Å². The van der Waals surface area contributed by atoms with Crippen LogP contribution < -0.4 is 4.90 Å². The predicted octanol–water partition coefficient (Wildman–Crippen LogP) is 8.37. The van der Waals surface area contributed by atoms with Gasteiger partial charge < -0.3 is 4.90 Å². The molecule has 0 unspecified atom stereocenters. The number of carbonyl (C=O) groups is 1. The molecule has 2 aromatic carbocycles. The molecule has 1 aliphatic carbocycles. The highest BCUT2D eigenvalue weighted by Crippen LogP contribution is 2.29. The first-order chi connectivity index (χ1) is 16.0. The minimum atomic E-state index is 0.133. The van der Waals surface area contributed by atoms with Crippen molar-refractivity contribution in [1.82, 2.24) is 0 Å². The largest absolute Gasteiger partial charge is 0.308 e. The Kier molecular flexibility index (Phi) is 9.06. The molecule has 0 radical (unpaired) electrons. The summed E-state index contributed by atoms with van der Waals surface area (Å²) in [4.78, 5) is 15.6. The molecule has 0 aromatic heterocycles. The maximum atomic E-state index is 13.6. The van der Waals surface area contributed by atoms with Gasteiger partial charge in [0.1, 0.15) is 0 Å². The molecule has 0 heterocycles. The van der Waals surface area contributed by atoms with E-state index in [-0.39, 0.29) is 11.8 Å². The third-order valence-corrected chi connectivity index (χ3v) is 6.43. The van der Waals surface area contributed by atoms with Gasteiger partial charge in [-0.2, -0.15) is 0 Å². The molecule has 2 heteroatoms. The van der Waals surface area contributed by atoms with Crippen LogP contribution in [0.3, 0.4) is 0 Å². The van der Waals surface area contributed by atoms with Crippen LogP contribution in [-0.2, 0) is 11.3 Å². The predicted molar refractivity (Wildman–Crippen MR) is 143 cm³/mol. The van der Waals surface area contributed by atoms with E-state index in [1.807, 2.05) is 37.0 Å². The minimum absolute atomic E-state index is 0.133. The number of benzene rings is 2. The van der Waals surface area contributed by atoms with Gasteiger partial charge in [0.2, 0.25) is 5.91 Å². The van der Waals surface area contributed by atoms with Crippen molar-refractivity contribution in [3.05, 3.63) is 102 Å². The summed E-state index contributed by atoms with van der Waals surface area (Å²) in [6, 6.07) is 16.9. The van der Waals surface area contributed by atoms with Crippen molar-refractivity contribution < 1.29 is 4.79 Å². The lowest BCUT2D eigenvalue weighted by molar-refractivity contribution is -0.123. The fourth-order valence-corrected chi connectivity index (χ4v) is 4.33. The second-order valence-electron chi connectivity index (χ2n) is 9.02. The van der Waals surface area contributed by atoms with Crippen LogP contribution in [0.1, 0.15) is 69.6 Å². The molecule has 2 nitrogen and oxygen atoms in total. The van der Waals surface area contributed by atoms with Crippen molar-refractivity contribution in [2.45, 2.75) is 59.4 Å². The van der Waals surface area contributed by atoms with E-state index in [1.54, 1.807) is 0 Å². The zero-order valence-corrected chi connectivity index (χ0v) is 20.4. The molecule has 2 aromatic rings. The standard InChI is InChI=1S/C31H37NO/c1-5-11-26-12-10-15-30(22-26)32(31(33)29-13-8-7-9-14-29)23-27-18-20-28(21-19-27)25(4)17-16-24(3)6-2/h5-6,10-12,15-22,29H,2,7-9,13-14,23H2,1,3-4H3/b11-5+,24-16-,25-17+. The van der Waals surface area contributed by atoms with Gasteiger partial charge in [-0.05, 0) is 68.0 Å². The third-order valence-electron chi connectivity index (χ3n) is 6.43. The highest BCUT2D eigenvalue weighted by molar-refractivity contribution is 5.95. The lowest BCUT2D eigenvalue weighted by atomic mass is 9.88. The summed E-state index contributed by atoms with van der Waals surface area (Å²) in [6.45, 7) is 10.6. The highest BCUT2D eigenvalue weighted by atomic mass is 16.2. The molecule has 0 spiro atoms. The molecule has 1 aliphatic rings. The van der Waals surface area contributed by atoms with E-state index < -0.39 is 0 Å². The van der Waals surface area contributed by atoms with E-state index in [0.29, 0.717) is 6.54 Å². The quantitative estimate of drug-likeness (QED) is 0.378. The molecule has 33 heavy (non-hydrogen) atoms. The van der Waals surface area contributed by atoms with Crippen LogP contribution in [0.4, 0.5) is 5.69 Å². The summed E-state index contributed by atoms with van der Waals surface area (Å²) >= 11 is 0. The summed E-state index contributed by atoms with van der Waals surface area (Å²) in [5, 5.41) is 0. The first-order valence-electron chi connectivity index (χ1n) is 12.1. The number of rotatable bonds is 8. The van der Waals surface area contributed by atoms with E-state index in [4.69, 9.17) is 0 Å². The number of hydrogen-bond acceptors (Lipinski definition) is 1. The van der Waals surface area contributed by atoms with Crippen LogP contribution in [-0.4, -0.2) is 5.91 Å². The lowest BCUT2D eigenvalue weighted by Crippen LogP contribution is -2.36. The Morgan fingerprint density at radius 2 is 1.76 bits per heavy atom. The monoisotopic (exact) mass is 439 g/mol. The Labute approximate surface area is 200 Å². The van der Waals surface area contributed by atoms with Crippen LogP contribution in [0.15, 0.2) is 85.0 Å². The van der Waals surface area contributed by atoms with E-state index >= 15 is 0 Å². The maximum Gasteiger partial charge on any atom is 0.230 e. The second-order valence-corrected chi connectivity index (χ2v) is 9.02. The summed E-state index contributed by atoms with van der Waals surface area (Å²) < 4.78 is 0. The van der Waals surface area contributed by atoms with E-state index in [9.17, 15) is 4.79 Å². The molecule has 0 bridgehead atoms. The van der Waals surface area contributed by atoms with Crippen LogP contribution in [0.25, 0.3) is 11.6 Å². The first-order valence-corrected chi connectivity index (χ1v) is 12.1. The van der Waals surface area contributed by atoms with Gasteiger partial charge in [-0.1, -0.05) is 98.2 Å². The first kappa shape index (κ1) is 24.5. The molecule has 3 rings (SSSR count). The zero-order valence-electron chi connectivity index (χ0n) is 20.4. The Balaban J connectivity index is 1.86. The zero-order chi connectivity index (χ0) is 23.6. The number of amides is 1. The van der Waals surface area contributed by atoms with Crippen molar-refractivity contribution >= 4 is 23.2 Å². The smallest absolute Gasteiger partial charge is 0.230 e. The summed E-state index contributed by atoms with van der Waals surface area (Å²) in [5.74, 6) is 0.394. The van der Waals surface area contributed by atoms with E-state index in [2.05, 4.69) is 74.2 Å². The molecule has 1 saturated carbocycles. The van der Waals surface area contributed by atoms with E-state index in [1.165, 1.54) is 17.6 Å². The Bertz CT molecular complexity index is 1030. The molecule has 0 N–H and O–H groups in total. The third kappa shape index (κ3) is 6.92. The van der Waals surface area contributed by atoms with Crippen molar-refractivity contribution in [2.75, 3.05) is 4.90 Å². The van der Waals surface area contributed by atoms with Crippen LogP contribution in [0, 0.1) is 5.92 Å². The highest BCUT2D eigenvalue weighted by Gasteiger charge is 2.27. The lowest BCUT2D eigenvalue weighted by Gasteiger charge is -2.30. The number of allylic oxidation sites excluding steroid dienone is 6. The average Bonchev–Trinajstić information content (AvgIpc) is 2.86. The van der Waals surface area contributed by atoms with Crippen LogP contribution in [0.2, 0.25) is 0 Å². The molecular formula is C31H37NO. The molecule has 1 fully saturated rings. The number of carbonyl (C=O) groups excluding carboxylic acids is 1. The number of anilines is 1. The van der Waals surface area contributed by atoms with Gasteiger partial charge in [-0.15, -0.1) is 0 Å². The fraction of sp³-hybridized carbons (Fsp3) is 0.323. The van der Waals surface area contributed by atoms with Crippen molar-refractivity contribution in [3.8, 4) is 0 Å². The number of nitrogens with zero attached hydrogens (tertiary/aromatic N) is 1. The Hall–Kier alpha value is -3.13. The molecule has 172 valence electrons. The van der Waals surface area contributed by atoms with Gasteiger partial charge in [0.25, 0.3) is 0 Å². The van der Waals surface area contributed by atoms with Gasteiger partial charge in [-0.3, -0.25) is 4.79 Å². The maximum absolute atomic E-state index is 13.6. The molecule has 0 saturated heterocycles. The summed E-state index contributed by atoms with van der Waals surface area (Å²) in [6.07, 6.45) is 15.7. The normalized spacial score (nSPS) is 15.6. The van der Waals surface area contributed by atoms with Gasteiger partial charge >= 0.3 is 0 Å². The summed E-state index contributed by atoms with van der Waals surface area (Å²) in [5.41, 5.74) is 6.78. The minimum Gasteiger partial charge on any atom is -0.308 e. The summed E-state index contributed by atoms with van der Waals surface area (Å²) in [7, 11) is 0. The molecule has 0 atom stereocenters. The van der Waals surface area contributed by atoms with Gasteiger partial charge in [0.15, 0.2) is 0 Å². The Morgan fingerprint density at radius 3 is 2.42 bits per heavy atom. The Morgan fingerprint density at radius 1 is 1.03 bits per heavy atom. The van der Waals surface area contributed by atoms with Crippen LogP contribution in [0.5, 0.6) is 0 Å². The molecule has 0 aliphatic heterocycles. The molecular weight excluding hydrogens is 402 g/mol.